The second kappa shape index (κ2) is 7.61. The maximum Gasteiger partial charge on any atom is 0.227 e. The molecule has 0 saturated carbocycles. The van der Waals surface area contributed by atoms with Crippen molar-refractivity contribution in [1.29, 1.82) is 0 Å². The number of carbonyl (C=O) groups excluding carboxylic acids is 1. The van der Waals surface area contributed by atoms with Crippen molar-refractivity contribution >= 4 is 34.2 Å². The molecule has 0 aromatic heterocycles. The van der Waals surface area contributed by atoms with Crippen molar-refractivity contribution in [2.45, 2.75) is 45.6 Å². The van der Waals surface area contributed by atoms with Crippen LogP contribution < -0.4 is 11.1 Å². The average Bonchev–Trinajstić information content (AvgIpc) is 2.83. The van der Waals surface area contributed by atoms with E-state index in [0.717, 1.165) is 30.2 Å². The highest BCUT2D eigenvalue weighted by atomic mass is 79.9. The topological polar surface area (TPSA) is 55.1 Å². The molecular formula is C16H24BrClN2O. The fourth-order valence-corrected chi connectivity index (χ4v) is 3.41. The quantitative estimate of drug-likeness (QED) is 0.823. The zero-order valence-corrected chi connectivity index (χ0v) is 15.0. The Hall–Kier alpha value is -0.580. The van der Waals surface area contributed by atoms with Gasteiger partial charge in [-0.15, -0.1) is 12.4 Å². The molecule has 1 aromatic carbocycles. The lowest BCUT2D eigenvalue weighted by atomic mass is 9.81. The number of halogens is 2. The molecule has 3 N–H and O–H groups in total. The van der Waals surface area contributed by atoms with Gasteiger partial charge in [0.15, 0.2) is 0 Å². The normalized spacial score (nSPS) is 17.0. The molecular weight excluding hydrogens is 352 g/mol. The van der Waals surface area contributed by atoms with E-state index in [1.54, 1.807) is 0 Å². The highest BCUT2D eigenvalue weighted by Crippen LogP contribution is 2.34. The number of rotatable bonds is 5. The minimum atomic E-state index is -0.419. The van der Waals surface area contributed by atoms with E-state index < -0.39 is 5.41 Å². The molecule has 0 aliphatic heterocycles. The molecule has 1 atom stereocenters. The van der Waals surface area contributed by atoms with Gasteiger partial charge in [-0.05, 0) is 48.9 Å². The lowest BCUT2D eigenvalue weighted by molar-refractivity contribution is -0.131. The summed E-state index contributed by atoms with van der Waals surface area (Å²) < 4.78 is 1.10. The van der Waals surface area contributed by atoms with Gasteiger partial charge in [-0.1, -0.05) is 35.8 Å². The van der Waals surface area contributed by atoms with Crippen LogP contribution in [0.5, 0.6) is 0 Å². The molecule has 0 saturated heterocycles. The molecule has 21 heavy (non-hydrogen) atoms. The maximum atomic E-state index is 12.6. The van der Waals surface area contributed by atoms with Crippen molar-refractivity contribution in [1.82, 2.24) is 5.32 Å². The summed E-state index contributed by atoms with van der Waals surface area (Å²) in [6, 6.07) is 6.44. The Morgan fingerprint density at radius 3 is 2.67 bits per heavy atom. The second-order valence-corrected chi connectivity index (χ2v) is 6.52. The predicted octanol–water partition coefficient (Wildman–Crippen LogP) is 3.74. The van der Waals surface area contributed by atoms with Crippen molar-refractivity contribution < 1.29 is 4.79 Å². The molecule has 0 radical (unpaired) electrons. The van der Waals surface area contributed by atoms with Crippen LogP contribution in [0.2, 0.25) is 0 Å². The van der Waals surface area contributed by atoms with Crippen LogP contribution in [0, 0.1) is 5.41 Å². The van der Waals surface area contributed by atoms with Crippen LogP contribution in [0.1, 0.15) is 50.3 Å². The van der Waals surface area contributed by atoms with Gasteiger partial charge in [0.25, 0.3) is 0 Å². The fraction of sp³-hybridized carbons (Fsp3) is 0.562. The summed E-state index contributed by atoms with van der Waals surface area (Å²) in [5.41, 5.74) is 8.01. The zero-order valence-electron chi connectivity index (χ0n) is 12.6. The molecule has 1 aliphatic rings. The van der Waals surface area contributed by atoms with Crippen LogP contribution in [-0.2, 0) is 11.2 Å². The lowest BCUT2D eigenvalue weighted by Crippen LogP contribution is -2.46. The van der Waals surface area contributed by atoms with Crippen LogP contribution in [0.4, 0.5) is 0 Å². The third-order valence-corrected chi connectivity index (χ3v) is 5.21. The van der Waals surface area contributed by atoms with E-state index in [1.165, 1.54) is 11.1 Å². The number of benzene rings is 1. The van der Waals surface area contributed by atoms with Gasteiger partial charge in [0.05, 0.1) is 11.5 Å². The van der Waals surface area contributed by atoms with Gasteiger partial charge in [-0.2, -0.15) is 0 Å². The summed E-state index contributed by atoms with van der Waals surface area (Å²) in [6.45, 7) is 4.48. The summed E-state index contributed by atoms with van der Waals surface area (Å²) in [7, 11) is 0. The van der Waals surface area contributed by atoms with E-state index in [4.69, 9.17) is 5.73 Å². The molecule has 0 heterocycles. The van der Waals surface area contributed by atoms with Crippen molar-refractivity contribution in [2.75, 3.05) is 6.54 Å². The van der Waals surface area contributed by atoms with Crippen LogP contribution in [0.3, 0.4) is 0 Å². The van der Waals surface area contributed by atoms with Gasteiger partial charge >= 0.3 is 0 Å². The first-order chi connectivity index (χ1) is 9.56. The summed E-state index contributed by atoms with van der Waals surface area (Å²) in [5, 5.41) is 3.21. The third-order valence-electron chi connectivity index (χ3n) is 4.71. The molecule has 0 spiro atoms. The molecule has 1 aliphatic carbocycles. The molecule has 5 heteroatoms. The Balaban J connectivity index is 0.00000220. The van der Waals surface area contributed by atoms with Crippen LogP contribution in [-0.4, -0.2) is 12.5 Å². The van der Waals surface area contributed by atoms with E-state index in [9.17, 15) is 4.79 Å². The number of aryl methyl sites for hydroxylation is 1. The molecule has 1 unspecified atom stereocenters. The molecule has 2 rings (SSSR count). The number of nitrogens with one attached hydrogen (secondary N) is 1. The van der Waals surface area contributed by atoms with Crippen molar-refractivity contribution in [3.8, 4) is 0 Å². The predicted molar refractivity (Wildman–Crippen MR) is 92.7 cm³/mol. The maximum absolute atomic E-state index is 12.6. The number of fused-ring (bicyclic) bond motifs is 1. The second-order valence-electron chi connectivity index (χ2n) is 5.60. The van der Waals surface area contributed by atoms with Gasteiger partial charge in [0.1, 0.15) is 0 Å². The largest absolute Gasteiger partial charge is 0.349 e. The Morgan fingerprint density at radius 1 is 1.43 bits per heavy atom. The molecule has 118 valence electrons. The van der Waals surface area contributed by atoms with E-state index in [0.29, 0.717) is 6.54 Å². The summed E-state index contributed by atoms with van der Waals surface area (Å²) in [4.78, 5) is 12.6. The van der Waals surface area contributed by atoms with Crippen molar-refractivity contribution in [3.05, 3.63) is 33.8 Å². The first-order valence-electron chi connectivity index (χ1n) is 7.35. The molecule has 1 aromatic rings. The van der Waals surface area contributed by atoms with Crippen molar-refractivity contribution in [2.24, 2.45) is 11.1 Å². The van der Waals surface area contributed by atoms with Crippen LogP contribution in [0.15, 0.2) is 22.7 Å². The van der Waals surface area contributed by atoms with E-state index in [2.05, 4.69) is 33.4 Å². The molecule has 0 bridgehead atoms. The van der Waals surface area contributed by atoms with Crippen LogP contribution in [0.25, 0.3) is 0 Å². The highest BCUT2D eigenvalue weighted by molar-refractivity contribution is 9.10. The number of amides is 1. The summed E-state index contributed by atoms with van der Waals surface area (Å²) in [5.74, 6) is 0.103. The number of carbonyl (C=O) groups is 1. The standard InChI is InChI=1S/C16H23BrN2O.ClH/c1-3-16(4-2,10-18)15(20)19-14-8-5-11-9-12(17)6-7-13(11)14;/h6-7,9,14H,3-5,8,10,18H2,1-2H3,(H,19,20);1H. The Kier molecular flexibility index (Phi) is 6.70. The molecule has 1 amide bonds. The van der Waals surface area contributed by atoms with Gasteiger partial charge in [0, 0.05) is 11.0 Å². The van der Waals surface area contributed by atoms with E-state index in [1.807, 2.05) is 19.9 Å². The third kappa shape index (κ3) is 3.61. The lowest BCUT2D eigenvalue weighted by Gasteiger charge is -2.30. The van der Waals surface area contributed by atoms with Gasteiger partial charge in [0.2, 0.25) is 5.91 Å². The number of hydrogen-bond donors (Lipinski definition) is 2. The molecule has 0 fully saturated rings. The minimum Gasteiger partial charge on any atom is -0.349 e. The SMILES string of the molecule is CCC(CC)(CN)C(=O)NC1CCc2cc(Br)ccc21.Cl. The van der Waals surface area contributed by atoms with E-state index in [-0.39, 0.29) is 24.4 Å². The van der Waals surface area contributed by atoms with Gasteiger partial charge in [-0.3, -0.25) is 4.79 Å². The Morgan fingerprint density at radius 2 is 2.10 bits per heavy atom. The van der Waals surface area contributed by atoms with Gasteiger partial charge in [-0.25, -0.2) is 0 Å². The highest BCUT2D eigenvalue weighted by Gasteiger charge is 2.35. The number of hydrogen-bond acceptors (Lipinski definition) is 2. The van der Waals surface area contributed by atoms with Crippen molar-refractivity contribution in [3.63, 3.8) is 0 Å². The fourth-order valence-electron chi connectivity index (χ4n) is 3.00. The zero-order chi connectivity index (χ0) is 14.8. The average molecular weight is 376 g/mol. The van der Waals surface area contributed by atoms with E-state index >= 15 is 0 Å². The minimum absolute atomic E-state index is 0. The summed E-state index contributed by atoms with van der Waals surface area (Å²) >= 11 is 3.50. The first-order valence-corrected chi connectivity index (χ1v) is 8.15. The molecule has 3 nitrogen and oxygen atoms in total. The smallest absolute Gasteiger partial charge is 0.227 e. The first kappa shape index (κ1) is 18.5. The monoisotopic (exact) mass is 374 g/mol. The summed E-state index contributed by atoms with van der Waals surface area (Å²) in [6.07, 6.45) is 3.57. The van der Waals surface area contributed by atoms with Gasteiger partial charge < -0.3 is 11.1 Å². The Bertz CT molecular complexity index is 495. The number of nitrogens with two attached hydrogens (primary N) is 1. The Labute approximate surface area is 141 Å². The van der Waals surface area contributed by atoms with Crippen LogP contribution >= 0.6 is 28.3 Å².